The maximum Gasteiger partial charge on any atom is 0.279 e. The van der Waals surface area contributed by atoms with Crippen molar-refractivity contribution in [1.29, 1.82) is 0 Å². The van der Waals surface area contributed by atoms with Gasteiger partial charge in [-0.25, -0.2) is 4.39 Å². The van der Waals surface area contributed by atoms with Crippen LogP contribution in [0.3, 0.4) is 0 Å². The first-order valence-corrected chi connectivity index (χ1v) is 8.25. The fourth-order valence-corrected chi connectivity index (χ4v) is 3.42. The smallest absolute Gasteiger partial charge is 0.279 e. The monoisotopic (exact) mass is 385 g/mol. The molecule has 0 spiro atoms. The number of carbonyl (C=O) groups excluding carboxylic acids is 1. The summed E-state index contributed by atoms with van der Waals surface area (Å²) >= 11 is 3.40. The number of nitrogens with zero attached hydrogens (tertiary/aromatic N) is 2. The topological polar surface area (TPSA) is 49.0 Å². The number of fused-ring (bicyclic) bond motifs is 1. The number of hydrogen-bond acceptors (Lipinski definition) is 2. The summed E-state index contributed by atoms with van der Waals surface area (Å²) in [5, 5.41) is 7.02. The van der Waals surface area contributed by atoms with Crippen LogP contribution in [0.5, 0.6) is 0 Å². The van der Waals surface area contributed by atoms with Crippen LogP contribution in [0.4, 0.5) is 10.1 Å². The van der Waals surface area contributed by atoms with Crippen LogP contribution in [-0.4, -0.2) is 16.1 Å². The Morgan fingerprint density at radius 2 is 1.96 bits per heavy atom. The first kappa shape index (κ1) is 15.1. The lowest BCUT2D eigenvalue weighted by molar-refractivity contribution is 0.0988. The summed E-state index contributed by atoms with van der Waals surface area (Å²) in [6.45, 7) is 1.87. The summed E-state index contributed by atoms with van der Waals surface area (Å²) < 4.78 is 14.7. The highest BCUT2D eigenvalue weighted by Crippen LogP contribution is 2.42. The molecule has 1 aliphatic heterocycles. The predicted molar refractivity (Wildman–Crippen MR) is 92.5 cm³/mol. The van der Waals surface area contributed by atoms with E-state index in [2.05, 4.69) is 26.1 Å². The Kier molecular flexibility index (Phi) is 3.49. The van der Waals surface area contributed by atoms with E-state index in [1.165, 1.54) is 12.1 Å². The van der Waals surface area contributed by atoms with Crippen LogP contribution >= 0.6 is 15.9 Å². The minimum Gasteiger partial charge on any atom is -0.295 e. The molecule has 1 aliphatic rings. The van der Waals surface area contributed by atoms with Gasteiger partial charge in [0.1, 0.15) is 5.82 Å². The molecule has 1 N–H and O–H groups in total. The van der Waals surface area contributed by atoms with E-state index in [0.29, 0.717) is 5.69 Å². The lowest BCUT2D eigenvalue weighted by Gasteiger charge is -2.26. The number of nitrogens with one attached hydrogen (secondary N) is 1. The third-order valence-corrected chi connectivity index (χ3v) is 4.75. The molecule has 0 fully saturated rings. The highest BCUT2D eigenvalue weighted by molar-refractivity contribution is 9.10. The quantitative estimate of drug-likeness (QED) is 0.711. The molecule has 4 nitrogen and oxygen atoms in total. The van der Waals surface area contributed by atoms with Crippen molar-refractivity contribution in [3.63, 3.8) is 0 Å². The number of H-pyrrole nitrogens is 1. The van der Waals surface area contributed by atoms with E-state index in [1.54, 1.807) is 11.0 Å². The van der Waals surface area contributed by atoms with Crippen molar-refractivity contribution in [2.24, 2.45) is 0 Å². The zero-order chi connectivity index (χ0) is 16.8. The van der Waals surface area contributed by atoms with Gasteiger partial charge in [0.25, 0.3) is 5.91 Å². The van der Waals surface area contributed by atoms with Crippen LogP contribution in [-0.2, 0) is 0 Å². The van der Waals surface area contributed by atoms with Crippen LogP contribution in [0.1, 0.15) is 33.4 Å². The van der Waals surface area contributed by atoms with Crippen LogP contribution in [0.15, 0.2) is 53.0 Å². The number of hydrogen-bond donors (Lipinski definition) is 1. The molecule has 1 amide bonds. The van der Waals surface area contributed by atoms with Gasteiger partial charge in [-0.1, -0.05) is 28.1 Å². The summed E-state index contributed by atoms with van der Waals surface area (Å²) in [6.07, 6.45) is 0. The lowest BCUT2D eigenvalue weighted by atomic mass is 9.99. The second kappa shape index (κ2) is 5.56. The number of aromatic nitrogens is 2. The van der Waals surface area contributed by atoms with E-state index in [1.807, 2.05) is 37.3 Å². The number of halogens is 2. The number of anilines is 1. The van der Waals surface area contributed by atoms with Gasteiger partial charge in [-0.3, -0.25) is 14.8 Å². The highest BCUT2D eigenvalue weighted by atomic mass is 79.9. The molecule has 2 heterocycles. The van der Waals surface area contributed by atoms with E-state index in [0.717, 1.165) is 27.0 Å². The molecular formula is C18H13BrFN3O. The number of amides is 1. The first-order chi connectivity index (χ1) is 11.6. The Bertz CT molecular complexity index is 936. The average Bonchev–Trinajstić information content (AvgIpc) is 3.07. The molecule has 1 atom stereocenters. The van der Waals surface area contributed by atoms with Crippen molar-refractivity contribution in [2.75, 3.05) is 4.90 Å². The summed E-state index contributed by atoms with van der Waals surface area (Å²) in [5.41, 5.74) is 3.47. The van der Waals surface area contributed by atoms with E-state index >= 15 is 0 Å². The van der Waals surface area contributed by atoms with E-state index < -0.39 is 6.04 Å². The van der Waals surface area contributed by atoms with Crippen molar-refractivity contribution in [3.05, 3.63) is 81.3 Å². The third kappa shape index (κ3) is 2.26. The Morgan fingerprint density at radius 3 is 2.67 bits per heavy atom. The minimum atomic E-state index is -0.400. The molecule has 24 heavy (non-hydrogen) atoms. The van der Waals surface area contributed by atoms with Crippen LogP contribution in [0, 0.1) is 12.7 Å². The predicted octanol–water partition coefficient (Wildman–Crippen LogP) is 4.37. The molecule has 6 heteroatoms. The van der Waals surface area contributed by atoms with Crippen LogP contribution < -0.4 is 4.90 Å². The molecule has 120 valence electrons. The summed E-state index contributed by atoms with van der Waals surface area (Å²) in [4.78, 5) is 14.6. The minimum absolute atomic E-state index is 0.189. The summed E-state index contributed by atoms with van der Waals surface area (Å²) in [6, 6.07) is 13.4. The van der Waals surface area contributed by atoms with Gasteiger partial charge >= 0.3 is 0 Å². The summed E-state index contributed by atoms with van der Waals surface area (Å²) in [5.74, 6) is -0.517. The Morgan fingerprint density at radius 1 is 1.21 bits per heavy atom. The van der Waals surface area contributed by atoms with Gasteiger partial charge in [0.15, 0.2) is 5.69 Å². The van der Waals surface area contributed by atoms with E-state index in [-0.39, 0.29) is 11.7 Å². The maximum atomic E-state index is 13.8. The number of rotatable bonds is 2. The largest absolute Gasteiger partial charge is 0.295 e. The number of aryl methyl sites for hydroxylation is 1. The molecule has 0 radical (unpaired) electrons. The average molecular weight is 386 g/mol. The molecule has 0 bridgehead atoms. The van der Waals surface area contributed by atoms with Crippen molar-refractivity contribution < 1.29 is 9.18 Å². The molecule has 1 aromatic heterocycles. The molecule has 0 saturated heterocycles. The Hall–Kier alpha value is -2.47. The van der Waals surface area contributed by atoms with Gasteiger partial charge < -0.3 is 0 Å². The normalized spacial score (nSPS) is 16.5. The Balaban J connectivity index is 1.91. The lowest BCUT2D eigenvalue weighted by Crippen LogP contribution is -2.29. The number of benzene rings is 2. The second-order valence-electron chi connectivity index (χ2n) is 5.72. The van der Waals surface area contributed by atoms with Gasteiger partial charge in [-0.2, -0.15) is 5.10 Å². The van der Waals surface area contributed by atoms with E-state index in [4.69, 9.17) is 0 Å². The number of carbonyl (C=O) groups is 1. The van der Waals surface area contributed by atoms with Crippen molar-refractivity contribution in [2.45, 2.75) is 13.0 Å². The second-order valence-corrected chi connectivity index (χ2v) is 6.64. The molecule has 0 unspecified atom stereocenters. The van der Waals surface area contributed by atoms with E-state index in [9.17, 15) is 9.18 Å². The zero-order valence-electron chi connectivity index (χ0n) is 12.8. The van der Waals surface area contributed by atoms with Gasteiger partial charge in [0, 0.05) is 21.4 Å². The SMILES string of the molecule is Cc1[nH]nc2c1[C@H](c1cccc(F)c1)N(c1ccc(Br)cc1)C2=O. The van der Waals surface area contributed by atoms with Crippen LogP contribution in [0.25, 0.3) is 0 Å². The standard InChI is InChI=1S/C18H13BrFN3O/c1-10-15-16(22-21-10)18(24)23(14-7-5-12(19)6-8-14)17(15)11-3-2-4-13(20)9-11/h2-9,17H,1H3,(H,21,22)/t17-/m0/s1. The molecule has 4 rings (SSSR count). The summed E-state index contributed by atoms with van der Waals surface area (Å²) in [7, 11) is 0. The van der Waals surface area contributed by atoms with Crippen molar-refractivity contribution in [3.8, 4) is 0 Å². The number of aromatic amines is 1. The first-order valence-electron chi connectivity index (χ1n) is 7.45. The Labute approximate surface area is 146 Å². The van der Waals surface area contributed by atoms with Crippen LogP contribution in [0.2, 0.25) is 0 Å². The highest BCUT2D eigenvalue weighted by Gasteiger charge is 2.42. The fourth-order valence-electron chi connectivity index (χ4n) is 3.16. The fraction of sp³-hybridized carbons (Fsp3) is 0.111. The third-order valence-electron chi connectivity index (χ3n) is 4.22. The molecule has 3 aromatic rings. The van der Waals surface area contributed by atoms with Crippen molar-refractivity contribution >= 4 is 27.5 Å². The van der Waals surface area contributed by atoms with Gasteiger partial charge in [0.2, 0.25) is 0 Å². The van der Waals surface area contributed by atoms with Gasteiger partial charge in [0.05, 0.1) is 6.04 Å². The molecular weight excluding hydrogens is 373 g/mol. The van der Waals surface area contributed by atoms with Crippen molar-refractivity contribution in [1.82, 2.24) is 10.2 Å². The molecule has 0 aliphatic carbocycles. The molecule has 2 aromatic carbocycles. The van der Waals surface area contributed by atoms with Gasteiger partial charge in [-0.05, 0) is 48.9 Å². The molecule has 0 saturated carbocycles. The maximum absolute atomic E-state index is 13.8. The zero-order valence-corrected chi connectivity index (χ0v) is 14.3. The van der Waals surface area contributed by atoms with Gasteiger partial charge in [-0.15, -0.1) is 0 Å².